The molecule has 0 unspecified atom stereocenters. The Morgan fingerprint density at radius 2 is 1.90 bits per heavy atom. The van der Waals surface area contributed by atoms with Crippen LogP contribution in [-0.2, 0) is 11.3 Å². The van der Waals surface area contributed by atoms with E-state index >= 15 is 0 Å². The molecule has 0 aliphatic heterocycles. The van der Waals surface area contributed by atoms with Gasteiger partial charge in [0, 0.05) is 9.86 Å². The Bertz CT molecular complexity index is 766. The molecular weight excluding hydrogens is 318 g/mol. The number of nitrogens with one attached hydrogen (secondary N) is 1. The Morgan fingerprint density at radius 1 is 1.15 bits per heavy atom. The van der Waals surface area contributed by atoms with E-state index in [1.165, 1.54) is 0 Å². The van der Waals surface area contributed by atoms with Gasteiger partial charge in [-0.05, 0) is 34.1 Å². The van der Waals surface area contributed by atoms with Crippen molar-refractivity contribution in [3.05, 3.63) is 59.2 Å². The Balaban J connectivity index is 1.78. The highest BCUT2D eigenvalue weighted by Gasteiger charge is 2.08. The Hall–Kier alpha value is -2.14. The van der Waals surface area contributed by atoms with Crippen molar-refractivity contribution in [2.45, 2.75) is 6.54 Å². The fourth-order valence-electron chi connectivity index (χ4n) is 2.04. The summed E-state index contributed by atoms with van der Waals surface area (Å²) in [6.07, 6.45) is 1.76. The second-order valence-corrected chi connectivity index (χ2v) is 5.24. The number of aromatic nitrogens is 2. The average Bonchev–Trinajstić information content (AvgIpc) is 2.85. The number of benzene rings is 2. The molecule has 0 fully saturated rings. The van der Waals surface area contributed by atoms with Crippen molar-refractivity contribution in [2.24, 2.45) is 0 Å². The van der Waals surface area contributed by atoms with Crippen LogP contribution < -0.4 is 5.32 Å². The van der Waals surface area contributed by atoms with E-state index in [1.54, 1.807) is 10.9 Å². The standard InChI is InChI=1S/C15H12BrN3O/c16-12-6-2-3-7-13(12)18-15(20)10-19-14-8-4-1-5-11(14)9-17-19/h1-9H,10H2,(H,18,20). The van der Waals surface area contributed by atoms with Crippen molar-refractivity contribution in [3.8, 4) is 0 Å². The Kier molecular flexibility index (Phi) is 3.52. The molecule has 100 valence electrons. The fraction of sp³-hybridized carbons (Fsp3) is 0.0667. The molecule has 0 saturated heterocycles. The lowest BCUT2D eigenvalue weighted by Crippen LogP contribution is -2.19. The van der Waals surface area contributed by atoms with Gasteiger partial charge in [-0.1, -0.05) is 30.3 Å². The largest absolute Gasteiger partial charge is 0.323 e. The van der Waals surface area contributed by atoms with Gasteiger partial charge in [0.15, 0.2) is 0 Å². The smallest absolute Gasteiger partial charge is 0.246 e. The van der Waals surface area contributed by atoms with Crippen molar-refractivity contribution in [3.63, 3.8) is 0 Å². The van der Waals surface area contributed by atoms with E-state index in [9.17, 15) is 4.79 Å². The van der Waals surface area contributed by atoms with Crippen molar-refractivity contribution in [2.75, 3.05) is 5.32 Å². The minimum Gasteiger partial charge on any atom is -0.323 e. The molecule has 3 aromatic rings. The summed E-state index contributed by atoms with van der Waals surface area (Å²) in [5.74, 6) is -0.106. The number of hydrogen-bond acceptors (Lipinski definition) is 2. The highest BCUT2D eigenvalue weighted by molar-refractivity contribution is 9.10. The van der Waals surface area contributed by atoms with E-state index in [4.69, 9.17) is 0 Å². The van der Waals surface area contributed by atoms with Gasteiger partial charge in [-0.15, -0.1) is 0 Å². The topological polar surface area (TPSA) is 46.9 Å². The van der Waals surface area contributed by atoms with Crippen LogP contribution in [0.2, 0.25) is 0 Å². The molecule has 0 aliphatic rings. The minimum atomic E-state index is -0.106. The lowest BCUT2D eigenvalue weighted by Gasteiger charge is -2.07. The number of hydrogen-bond donors (Lipinski definition) is 1. The number of halogens is 1. The van der Waals surface area contributed by atoms with Crippen LogP contribution in [0.4, 0.5) is 5.69 Å². The van der Waals surface area contributed by atoms with Gasteiger partial charge >= 0.3 is 0 Å². The van der Waals surface area contributed by atoms with E-state index in [-0.39, 0.29) is 12.5 Å². The number of rotatable bonds is 3. The molecule has 2 aromatic carbocycles. The number of amides is 1. The van der Waals surface area contributed by atoms with Gasteiger partial charge in [-0.2, -0.15) is 5.10 Å². The van der Waals surface area contributed by atoms with Crippen LogP contribution in [-0.4, -0.2) is 15.7 Å². The summed E-state index contributed by atoms with van der Waals surface area (Å²) in [5, 5.41) is 8.14. The van der Waals surface area contributed by atoms with Crippen LogP contribution in [0.3, 0.4) is 0 Å². The first kappa shape index (κ1) is 12.9. The van der Waals surface area contributed by atoms with Gasteiger partial charge in [-0.25, -0.2) is 0 Å². The summed E-state index contributed by atoms with van der Waals surface area (Å²) in [6, 6.07) is 15.3. The molecule has 1 N–H and O–H groups in total. The summed E-state index contributed by atoms with van der Waals surface area (Å²) >= 11 is 3.41. The quantitative estimate of drug-likeness (QED) is 0.800. The fourth-order valence-corrected chi connectivity index (χ4v) is 2.42. The van der Waals surface area contributed by atoms with Crippen LogP contribution in [0.25, 0.3) is 10.9 Å². The first-order valence-corrected chi connectivity index (χ1v) is 6.98. The van der Waals surface area contributed by atoms with Crippen molar-refractivity contribution >= 4 is 38.4 Å². The Morgan fingerprint density at radius 3 is 2.75 bits per heavy atom. The predicted molar refractivity (Wildman–Crippen MR) is 82.5 cm³/mol. The summed E-state index contributed by atoms with van der Waals surface area (Å²) in [5.41, 5.74) is 1.71. The Labute approximate surface area is 124 Å². The number of anilines is 1. The minimum absolute atomic E-state index is 0.106. The van der Waals surface area contributed by atoms with E-state index < -0.39 is 0 Å². The molecule has 0 atom stereocenters. The molecule has 0 aliphatic carbocycles. The van der Waals surface area contributed by atoms with Crippen molar-refractivity contribution in [1.29, 1.82) is 0 Å². The summed E-state index contributed by atoms with van der Waals surface area (Å²) < 4.78 is 2.56. The third-order valence-corrected chi connectivity index (χ3v) is 3.68. The van der Waals surface area contributed by atoms with Gasteiger partial charge in [0.25, 0.3) is 0 Å². The lowest BCUT2D eigenvalue weighted by molar-refractivity contribution is -0.116. The van der Waals surface area contributed by atoms with Gasteiger partial charge in [0.2, 0.25) is 5.91 Å². The van der Waals surface area contributed by atoms with E-state index in [0.717, 1.165) is 21.1 Å². The average molecular weight is 330 g/mol. The third kappa shape index (κ3) is 2.58. The van der Waals surface area contributed by atoms with Gasteiger partial charge in [-0.3, -0.25) is 9.48 Å². The van der Waals surface area contributed by atoms with E-state index in [0.29, 0.717) is 0 Å². The van der Waals surface area contributed by atoms with Crippen molar-refractivity contribution in [1.82, 2.24) is 9.78 Å². The first-order valence-electron chi connectivity index (χ1n) is 6.19. The molecule has 0 radical (unpaired) electrons. The zero-order valence-electron chi connectivity index (χ0n) is 10.6. The van der Waals surface area contributed by atoms with Crippen LogP contribution in [0.5, 0.6) is 0 Å². The van der Waals surface area contributed by atoms with Gasteiger partial charge in [0.1, 0.15) is 6.54 Å². The number of carbonyl (C=O) groups is 1. The maximum atomic E-state index is 12.1. The summed E-state index contributed by atoms with van der Waals surface area (Å²) in [7, 11) is 0. The summed E-state index contributed by atoms with van der Waals surface area (Å²) in [6.45, 7) is 0.189. The molecule has 0 spiro atoms. The molecular formula is C15H12BrN3O. The second-order valence-electron chi connectivity index (χ2n) is 4.39. The predicted octanol–water partition coefficient (Wildman–Crippen LogP) is 3.44. The molecule has 0 bridgehead atoms. The third-order valence-electron chi connectivity index (χ3n) is 2.99. The van der Waals surface area contributed by atoms with Crippen molar-refractivity contribution < 1.29 is 4.79 Å². The number of fused-ring (bicyclic) bond motifs is 1. The maximum absolute atomic E-state index is 12.1. The zero-order chi connectivity index (χ0) is 13.9. The monoisotopic (exact) mass is 329 g/mol. The molecule has 1 amide bonds. The molecule has 1 heterocycles. The first-order chi connectivity index (χ1) is 9.74. The van der Waals surface area contributed by atoms with Gasteiger partial charge < -0.3 is 5.32 Å². The normalized spacial score (nSPS) is 10.7. The van der Waals surface area contributed by atoms with E-state index in [1.807, 2.05) is 48.5 Å². The molecule has 1 aromatic heterocycles. The lowest BCUT2D eigenvalue weighted by atomic mass is 10.2. The van der Waals surface area contributed by atoms with Gasteiger partial charge in [0.05, 0.1) is 17.4 Å². The van der Waals surface area contributed by atoms with E-state index in [2.05, 4.69) is 26.3 Å². The zero-order valence-corrected chi connectivity index (χ0v) is 12.2. The molecule has 20 heavy (non-hydrogen) atoms. The SMILES string of the molecule is O=C(Cn1ncc2ccccc21)Nc1ccccc1Br. The maximum Gasteiger partial charge on any atom is 0.246 e. The summed E-state index contributed by atoms with van der Waals surface area (Å²) in [4.78, 5) is 12.1. The second kappa shape index (κ2) is 5.46. The highest BCUT2D eigenvalue weighted by atomic mass is 79.9. The number of nitrogens with zero attached hydrogens (tertiary/aromatic N) is 2. The van der Waals surface area contributed by atoms with Crippen LogP contribution in [0.15, 0.2) is 59.2 Å². The number of carbonyl (C=O) groups excluding carboxylic acids is 1. The number of para-hydroxylation sites is 2. The van der Waals surface area contributed by atoms with Crippen LogP contribution >= 0.6 is 15.9 Å². The molecule has 0 saturated carbocycles. The molecule has 4 nitrogen and oxygen atoms in total. The molecule has 3 rings (SSSR count). The van der Waals surface area contributed by atoms with Crippen LogP contribution in [0, 0.1) is 0 Å². The highest BCUT2D eigenvalue weighted by Crippen LogP contribution is 2.21. The van der Waals surface area contributed by atoms with Crippen LogP contribution in [0.1, 0.15) is 0 Å². The molecule has 5 heteroatoms.